The van der Waals surface area contributed by atoms with E-state index in [4.69, 9.17) is 10.7 Å². The van der Waals surface area contributed by atoms with E-state index in [9.17, 15) is 4.39 Å². The van der Waals surface area contributed by atoms with Crippen molar-refractivity contribution in [2.75, 3.05) is 36.0 Å². The van der Waals surface area contributed by atoms with Crippen LogP contribution in [-0.2, 0) is 6.42 Å². The first-order valence-electron chi connectivity index (χ1n) is 10.3. The lowest BCUT2D eigenvalue weighted by Gasteiger charge is -2.39. The Hall–Kier alpha value is -2.74. The Morgan fingerprint density at radius 1 is 1.24 bits per heavy atom. The van der Waals surface area contributed by atoms with Crippen molar-refractivity contribution in [1.82, 2.24) is 20.2 Å². The third-order valence-corrected chi connectivity index (χ3v) is 6.48. The fraction of sp³-hybridized carbons (Fsp3) is 0.476. The highest BCUT2D eigenvalue weighted by atomic mass is 19.1. The van der Waals surface area contributed by atoms with Crippen LogP contribution in [-0.4, -0.2) is 46.3 Å². The first-order chi connectivity index (χ1) is 14.1. The molecule has 152 valence electrons. The molecule has 0 amide bonds. The maximum atomic E-state index is 14.2. The second-order valence-corrected chi connectivity index (χ2v) is 8.47. The molecule has 0 bridgehead atoms. The Bertz CT molecular complexity index is 1040. The minimum Gasteiger partial charge on any atom is -0.355 e. The fourth-order valence-electron chi connectivity index (χ4n) is 4.40. The molecule has 1 aromatic carbocycles. The first-order valence-corrected chi connectivity index (χ1v) is 10.3. The average molecular weight is 395 g/mol. The van der Waals surface area contributed by atoms with Crippen molar-refractivity contribution in [1.29, 1.82) is 0 Å². The number of rotatable bonds is 3. The molecule has 4 heterocycles. The number of nitrogens with two attached hydrogens (primary N) is 1. The number of anilines is 3. The fourth-order valence-corrected chi connectivity index (χ4v) is 4.40. The van der Waals surface area contributed by atoms with Gasteiger partial charge in [0, 0.05) is 30.9 Å². The lowest BCUT2D eigenvalue weighted by molar-refractivity contribution is 0.258. The highest BCUT2D eigenvalue weighted by molar-refractivity contribution is 5.87. The topological polar surface area (TPSA) is 87.0 Å². The Morgan fingerprint density at radius 3 is 2.86 bits per heavy atom. The molecule has 8 heteroatoms. The minimum atomic E-state index is -0.157. The van der Waals surface area contributed by atoms with Gasteiger partial charge in [-0.2, -0.15) is 5.10 Å². The summed E-state index contributed by atoms with van der Waals surface area (Å²) in [6, 6.07) is 5.21. The number of hydrogen-bond acceptors (Lipinski definition) is 6. The quantitative estimate of drug-likeness (QED) is 0.708. The van der Waals surface area contributed by atoms with Crippen molar-refractivity contribution in [3.8, 4) is 0 Å². The number of piperidine rings is 1. The Labute approximate surface area is 169 Å². The second kappa shape index (κ2) is 6.95. The summed E-state index contributed by atoms with van der Waals surface area (Å²) in [5, 5.41) is 7.52. The van der Waals surface area contributed by atoms with E-state index in [2.05, 4.69) is 27.0 Å². The molecule has 3 aromatic rings. The van der Waals surface area contributed by atoms with Crippen LogP contribution in [0.4, 0.5) is 21.7 Å². The zero-order valence-electron chi connectivity index (χ0n) is 16.7. The highest BCUT2D eigenvalue weighted by Gasteiger charge is 2.30. The molecule has 0 atom stereocenters. The number of aromatic nitrogens is 4. The van der Waals surface area contributed by atoms with Crippen molar-refractivity contribution in [3.63, 3.8) is 0 Å². The molecule has 2 aliphatic heterocycles. The Balaban J connectivity index is 1.45. The zero-order chi connectivity index (χ0) is 20.0. The van der Waals surface area contributed by atoms with E-state index in [0.29, 0.717) is 18.0 Å². The molecule has 2 aromatic heterocycles. The van der Waals surface area contributed by atoms with Gasteiger partial charge in [0.2, 0.25) is 0 Å². The summed E-state index contributed by atoms with van der Waals surface area (Å²) in [4.78, 5) is 13.8. The maximum Gasteiger partial charge on any atom is 0.183 e. The van der Waals surface area contributed by atoms with Crippen LogP contribution >= 0.6 is 0 Å². The van der Waals surface area contributed by atoms with Crippen molar-refractivity contribution in [2.45, 2.75) is 32.6 Å². The van der Waals surface area contributed by atoms with Crippen LogP contribution < -0.4 is 15.5 Å². The summed E-state index contributed by atoms with van der Waals surface area (Å²) in [5.41, 5.74) is 9.13. The van der Waals surface area contributed by atoms with Gasteiger partial charge in [-0.1, -0.05) is 13.0 Å². The standard InChI is InChI=1S/C21H26FN7/c1-21(13-23)7-10-28(11-8-21)17-12-24-18-19(25-17)26-27-20(18)29-9-3-4-14-15(22)5-2-6-16(14)29/h2,5-6,12H,3-4,7-11,13,23H2,1H3,(H,25,26,27). The summed E-state index contributed by atoms with van der Waals surface area (Å²) in [7, 11) is 0. The number of nitrogens with zero attached hydrogens (tertiary/aromatic N) is 5. The van der Waals surface area contributed by atoms with Gasteiger partial charge >= 0.3 is 0 Å². The Kier molecular flexibility index (Phi) is 4.38. The van der Waals surface area contributed by atoms with Gasteiger partial charge in [0.15, 0.2) is 17.0 Å². The highest BCUT2D eigenvalue weighted by Crippen LogP contribution is 2.37. The zero-order valence-corrected chi connectivity index (χ0v) is 16.7. The lowest BCUT2D eigenvalue weighted by Crippen LogP contribution is -2.42. The third-order valence-electron chi connectivity index (χ3n) is 6.48. The number of hydrogen-bond donors (Lipinski definition) is 2. The van der Waals surface area contributed by atoms with E-state index in [1.54, 1.807) is 6.07 Å². The van der Waals surface area contributed by atoms with Crippen molar-refractivity contribution in [3.05, 3.63) is 35.8 Å². The smallest absolute Gasteiger partial charge is 0.183 e. The number of H-pyrrole nitrogens is 1. The largest absolute Gasteiger partial charge is 0.355 e. The number of aromatic amines is 1. The summed E-state index contributed by atoms with van der Waals surface area (Å²) in [5.74, 6) is 1.41. The molecule has 1 saturated heterocycles. The summed E-state index contributed by atoms with van der Waals surface area (Å²) < 4.78 is 14.2. The molecule has 7 nitrogen and oxygen atoms in total. The molecule has 0 aliphatic carbocycles. The molecule has 3 N–H and O–H groups in total. The number of fused-ring (bicyclic) bond motifs is 2. The third kappa shape index (κ3) is 3.11. The molecule has 0 saturated carbocycles. The van der Waals surface area contributed by atoms with Crippen LogP contribution in [0.1, 0.15) is 31.7 Å². The van der Waals surface area contributed by atoms with E-state index >= 15 is 0 Å². The van der Waals surface area contributed by atoms with Gasteiger partial charge < -0.3 is 15.5 Å². The van der Waals surface area contributed by atoms with Gasteiger partial charge in [-0.05, 0) is 49.8 Å². The van der Waals surface area contributed by atoms with Crippen LogP contribution in [0.5, 0.6) is 0 Å². The predicted molar refractivity (Wildman–Crippen MR) is 112 cm³/mol. The molecule has 2 aliphatic rings. The van der Waals surface area contributed by atoms with Crippen LogP contribution in [0.3, 0.4) is 0 Å². The SMILES string of the molecule is CC1(CN)CCN(c2cnc3c(N4CCCc5c(F)cccc54)n[nH]c3n2)CC1. The summed E-state index contributed by atoms with van der Waals surface area (Å²) in [6.45, 7) is 5.60. The Morgan fingerprint density at radius 2 is 2.07 bits per heavy atom. The van der Waals surface area contributed by atoms with E-state index in [0.717, 1.165) is 67.9 Å². The van der Waals surface area contributed by atoms with Gasteiger partial charge in [0.1, 0.15) is 11.6 Å². The number of benzene rings is 1. The monoisotopic (exact) mass is 395 g/mol. The van der Waals surface area contributed by atoms with Crippen molar-refractivity contribution in [2.24, 2.45) is 11.1 Å². The van der Waals surface area contributed by atoms with Crippen LogP contribution in [0.25, 0.3) is 11.2 Å². The van der Waals surface area contributed by atoms with E-state index in [-0.39, 0.29) is 11.2 Å². The van der Waals surface area contributed by atoms with E-state index < -0.39 is 0 Å². The maximum absolute atomic E-state index is 14.2. The predicted octanol–water partition coefficient (Wildman–Crippen LogP) is 3.14. The minimum absolute atomic E-state index is 0.157. The second-order valence-electron chi connectivity index (χ2n) is 8.47. The van der Waals surface area contributed by atoms with Gasteiger partial charge in [-0.15, -0.1) is 0 Å². The van der Waals surface area contributed by atoms with Gasteiger partial charge in [0.25, 0.3) is 0 Å². The average Bonchev–Trinajstić information content (AvgIpc) is 3.17. The molecular formula is C21H26FN7. The number of nitrogens with one attached hydrogen (secondary N) is 1. The number of halogens is 1. The van der Waals surface area contributed by atoms with E-state index in [1.165, 1.54) is 6.07 Å². The van der Waals surface area contributed by atoms with E-state index in [1.807, 2.05) is 17.2 Å². The van der Waals surface area contributed by atoms with Crippen molar-refractivity contribution >= 4 is 28.5 Å². The molecule has 29 heavy (non-hydrogen) atoms. The summed E-state index contributed by atoms with van der Waals surface area (Å²) in [6.07, 6.45) is 5.54. The van der Waals surface area contributed by atoms with Crippen molar-refractivity contribution < 1.29 is 4.39 Å². The van der Waals surface area contributed by atoms with Gasteiger partial charge in [-0.3, -0.25) is 5.10 Å². The molecule has 0 radical (unpaired) electrons. The van der Waals surface area contributed by atoms with Gasteiger partial charge in [0.05, 0.1) is 6.20 Å². The molecule has 0 spiro atoms. The molecule has 0 unspecified atom stereocenters. The van der Waals surface area contributed by atoms with Crippen LogP contribution in [0.2, 0.25) is 0 Å². The molecular weight excluding hydrogens is 369 g/mol. The first kappa shape index (κ1) is 18.3. The summed E-state index contributed by atoms with van der Waals surface area (Å²) >= 11 is 0. The normalized spacial score (nSPS) is 18.9. The molecule has 5 rings (SSSR count). The van der Waals surface area contributed by atoms with Gasteiger partial charge in [-0.25, -0.2) is 14.4 Å². The lowest BCUT2D eigenvalue weighted by atomic mass is 9.80. The molecule has 1 fully saturated rings. The van der Waals surface area contributed by atoms with Crippen LogP contribution in [0.15, 0.2) is 24.4 Å². The van der Waals surface area contributed by atoms with Crippen LogP contribution in [0, 0.1) is 11.2 Å².